The summed E-state index contributed by atoms with van der Waals surface area (Å²) in [4.78, 5) is 0. The van der Waals surface area contributed by atoms with Gasteiger partial charge in [0, 0.05) is 0 Å². The molecule has 6 aromatic carbocycles. The van der Waals surface area contributed by atoms with E-state index in [0.717, 1.165) is 38.8 Å². The van der Waals surface area contributed by atoms with Gasteiger partial charge < -0.3 is 0 Å². The van der Waals surface area contributed by atoms with Crippen LogP contribution >= 0.6 is 0 Å². The van der Waals surface area contributed by atoms with Gasteiger partial charge in [0.25, 0.3) is 0 Å². The van der Waals surface area contributed by atoms with E-state index in [9.17, 15) is 0 Å². The van der Waals surface area contributed by atoms with Crippen LogP contribution in [0.4, 0.5) is 8.78 Å². The molecule has 0 saturated heterocycles. The first-order chi connectivity index (χ1) is 22.1. The van der Waals surface area contributed by atoms with Gasteiger partial charge in [-0.25, -0.2) is 0 Å². The number of hydrogen-bond acceptors (Lipinski definition) is 3. The molecule has 0 unspecified atom stereocenters. The summed E-state index contributed by atoms with van der Waals surface area (Å²) < 4.78 is 34.0. The van der Waals surface area contributed by atoms with Crippen molar-refractivity contribution in [2.24, 2.45) is 10.3 Å². The van der Waals surface area contributed by atoms with Gasteiger partial charge in [-0.1, -0.05) is 0 Å². The molecule has 8 rings (SSSR count). The summed E-state index contributed by atoms with van der Waals surface area (Å²) in [5.74, 6) is 0. The molecule has 0 saturated carbocycles. The first-order valence-corrected chi connectivity index (χ1v) is 16.4. The molecule has 1 N–H and O–H groups in total. The fraction of sp³-hybridized carbons (Fsp3) is 0.0256. The molecule has 1 aromatic heterocycles. The normalized spacial score (nSPS) is 14.2. The maximum absolute atomic E-state index is 15.7. The number of alkyl halides is 2. The molecule has 6 heteroatoms. The fourth-order valence-electron chi connectivity index (χ4n) is 6.32. The van der Waals surface area contributed by atoms with Gasteiger partial charge in [0.15, 0.2) is 0 Å². The summed E-state index contributed by atoms with van der Waals surface area (Å²) >= 11 is 0.114. The monoisotopic (exact) mass is 653 g/mol. The van der Waals surface area contributed by atoms with Gasteiger partial charge in [-0.15, -0.1) is 0 Å². The van der Waals surface area contributed by atoms with E-state index in [1.165, 1.54) is 13.9 Å². The van der Waals surface area contributed by atoms with Gasteiger partial charge in [-0.05, 0) is 0 Å². The van der Waals surface area contributed by atoms with Gasteiger partial charge >= 0.3 is 266 Å². The Hall–Kier alpha value is -5.16. The van der Waals surface area contributed by atoms with Crippen LogP contribution in [0.2, 0.25) is 0 Å². The summed E-state index contributed by atoms with van der Waals surface area (Å²) in [5, 5.41) is 10.4. The van der Waals surface area contributed by atoms with Crippen molar-refractivity contribution in [3.05, 3.63) is 157 Å². The molecule has 0 bridgehead atoms. The molecule has 3 nitrogen and oxygen atoms in total. The van der Waals surface area contributed by atoms with Crippen molar-refractivity contribution >= 4 is 45.1 Å². The Kier molecular flexibility index (Phi) is 6.75. The Balaban J connectivity index is 1.50. The van der Waals surface area contributed by atoms with E-state index in [2.05, 4.69) is 83.1 Å². The van der Waals surface area contributed by atoms with Crippen LogP contribution in [-0.2, 0) is 0 Å². The molecule has 0 amide bonds. The molecular formula is C39H25F2N3Se. The number of benzene rings is 6. The van der Waals surface area contributed by atoms with Crippen molar-refractivity contribution in [1.29, 1.82) is 0 Å². The third-order valence-electron chi connectivity index (χ3n) is 8.25. The molecule has 7 aromatic rings. The second-order valence-electron chi connectivity index (χ2n) is 10.9. The first kappa shape index (κ1) is 27.4. The zero-order chi connectivity index (χ0) is 30.4. The van der Waals surface area contributed by atoms with Crippen molar-refractivity contribution in [3.63, 3.8) is 0 Å². The van der Waals surface area contributed by atoms with E-state index in [4.69, 9.17) is 0 Å². The molecule has 216 valence electrons. The minimum absolute atomic E-state index is 0.114. The molecule has 0 aliphatic carbocycles. The predicted octanol–water partition coefficient (Wildman–Crippen LogP) is 10.5. The Morgan fingerprint density at radius 2 is 1.11 bits per heavy atom. The molecule has 0 atom stereocenters. The molecule has 2 heterocycles. The topological polar surface area (TPSA) is 36.8 Å². The summed E-state index contributed by atoms with van der Waals surface area (Å²) in [5.41, 5.74) is 9.06. The zero-order valence-electron chi connectivity index (χ0n) is 23.9. The van der Waals surface area contributed by atoms with Gasteiger partial charge in [-0.3, -0.25) is 0 Å². The third-order valence-corrected chi connectivity index (χ3v) is 10.6. The standard InChI is InChI=1S/C39H25F2N3Se/c40-39(41)37(26-15-5-2-6-16-26)38(42-44-43-39)31-20-10-9-19-29(31)35-30(23-24-34-36(35)32-21-11-12-22-33(32)45-34)28-18-8-7-17-27(28)25-13-3-1-4-14-25/h1-24H,(H,42,43). The van der Waals surface area contributed by atoms with Crippen LogP contribution in [0.3, 0.4) is 0 Å². The van der Waals surface area contributed by atoms with E-state index < -0.39 is 6.05 Å². The molecule has 0 spiro atoms. The summed E-state index contributed by atoms with van der Waals surface area (Å²) in [6, 6.07) is 44.8. The van der Waals surface area contributed by atoms with Gasteiger partial charge in [0.2, 0.25) is 0 Å². The molecule has 0 radical (unpaired) electrons. The first-order valence-electron chi connectivity index (χ1n) is 14.6. The van der Waals surface area contributed by atoms with Crippen LogP contribution in [0, 0.1) is 0 Å². The maximum atomic E-state index is 15.7. The van der Waals surface area contributed by atoms with Crippen molar-refractivity contribution in [3.8, 4) is 33.4 Å². The van der Waals surface area contributed by atoms with E-state index in [-0.39, 0.29) is 25.8 Å². The minimum atomic E-state index is -3.41. The Morgan fingerprint density at radius 1 is 0.511 bits per heavy atom. The SMILES string of the molecule is FC1(F)NN=NC(c2ccccc2-c2c(-c3ccccc3-c3ccccc3)ccc3[se]c4ccccc4c23)=C1c1ccccc1. The summed E-state index contributed by atoms with van der Waals surface area (Å²) in [6.07, 6.45) is 0. The van der Waals surface area contributed by atoms with E-state index in [1.807, 2.05) is 54.0 Å². The molecule has 45 heavy (non-hydrogen) atoms. The second kappa shape index (κ2) is 11.1. The van der Waals surface area contributed by atoms with Crippen LogP contribution < -0.4 is 5.43 Å². The fourth-order valence-corrected chi connectivity index (χ4v) is 8.66. The zero-order valence-corrected chi connectivity index (χ0v) is 25.6. The van der Waals surface area contributed by atoms with Gasteiger partial charge in [-0.2, -0.15) is 0 Å². The van der Waals surface area contributed by atoms with E-state index in [0.29, 0.717) is 11.1 Å². The van der Waals surface area contributed by atoms with Crippen molar-refractivity contribution < 1.29 is 8.78 Å². The summed E-state index contributed by atoms with van der Waals surface area (Å²) in [7, 11) is 0. The predicted molar refractivity (Wildman–Crippen MR) is 181 cm³/mol. The Labute approximate surface area is 264 Å². The number of rotatable bonds is 5. The molecule has 1 aliphatic rings. The van der Waals surface area contributed by atoms with Crippen molar-refractivity contribution in [1.82, 2.24) is 5.43 Å². The number of hydrogen-bond donors (Lipinski definition) is 1. The quantitative estimate of drug-likeness (QED) is 0.146. The van der Waals surface area contributed by atoms with E-state index >= 15 is 8.78 Å². The Morgan fingerprint density at radius 3 is 1.87 bits per heavy atom. The number of nitrogens with one attached hydrogen (secondary N) is 1. The molecule has 0 fully saturated rings. The average Bonchev–Trinajstić information content (AvgIpc) is 3.47. The molecular weight excluding hydrogens is 627 g/mol. The number of halogens is 2. The number of nitrogens with zero attached hydrogens (tertiary/aromatic N) is 2. The summed E-state index contributed by atoms with van der Waals surface area (Å²) in [6.45, 7) is 0. The molecule has 1 aliphatic heterocycles. The Bertz CT molecular complexity index is 2270. The van der Waals surface area contributed by atoms with Crippen LogP contribution in [0.1, 0.15) is 11.1 Å². The van der Waals surface area contributed by atoms with E-state index in [1.54, 1.807) is 24.3 Å². The van der Waals surface area contributed by atoms with Crippen LogP contribution in [0.25, 0.3) is 63.9 Å². The number of fused-ring (bicyclic) bond motifs is 3. The van der Waals surface area contributed by atoms with Crippen LogP contribution in [-0.4, -0.2) is 20.6 Å². The second-order valence-corrected chi connectivity index (χ2v) is 13.2. The third kappa shape index (κ3) is 4.71. The average molecular weight is 653 g/mol. The van der Waals surface area contributed by atoms with Crippen LogP contribution in [0.5, 0.6) is 0 Å². The van der Waals surface area contributed by atoms with Crippen molar-refractivity contribution in [2.75, 3.05) is 0 Å². The van der Waals surface area contributed by atoms with Crippen molar-refractivity contribution in [2.45, 2.75) is 6.05 Å². The van der Waals surface area contributed by atoms with Crippen LogP contribution in [0.15, 0.2) is 156 Å². The van der Waals surface area contributed by atoms with Gasteiger partial charge in [0.1, 0.15) is 0 Å². The van der Waals surface area contributed by atoms with Gasteiger partial charge in [0.05, 0.1) is 0 Å².